The molecule has 1 aromatic heterocycles. The summed E-state index contributed by atoms with van der Waals surface area (Å²) >= 11 is 1.61. The van der Waals surface area contributed by atoms with Crippen LogP contribution >= 0.6 is 11.3 Å². The van der Waals surface area contributed by atoms with Gasteiger partial charge >= 0.3 is 0 Å². The van der Waals surface area contributed by atoms with E-state index in [4.69, 9.17) is 4.74 Å². The molecule has 2 N–H and O–H groups in total. The monoisotopic (exact) mass is 319 g/mol. The van der Waals surface area contributed by atoms with E-state index in [0.717, 1.165) is 10.4 Å². The molecule has 5 heteroatoms. The van der Waals surface area contributed by atoms with Gasteiger partial charge in [0.05, 0.1) is 11.6 Å². The molecule has 1 amide bonds. The molecule has 4 nitrogen and oxygen atoms in total. The van der Waals surface area contributed by atoms with Gasteiger partial charge in [-0.15, -0.1) is 11.3 Å². The number of hydrogen-bond donors (Lipinski definition) is 2. The molecule has 0 bridgehead atoms. The van der Waals surface area contributed by atoms with Crippen molar-refractivity contribution < 1.29 is 14.6 Å². The molecule has 2 rings (SSSR count). The van der Waals surface area contributed by atoms with Crippen molar-refractivity contribution in [2.24, 2.45) is 0 Å². The van der Waals surface area contributed by atoms with Gasteiger partial charge in [0.15, 0.2) is 6.61 Å². The predicted octanol–water partition coefficient (Wildman–Crippen LogP) is 3.23. The molecule has 0 aliphatic rings. The number of thiophene rings is 1. The first kappa shape index (κ1) is 16.5. The number of rotatable bonds is 6. The van der Waals surface area contributed by atoms with Crippen molar-refractivity contribution in [1.29, 1.82) is 0 Å². The number of carbonyl (C=O) groups is 1. The molecule has 0 aliphatic heterocycles. The maximum absolute atomic E-state index is 11.9. The van der Waals surface area contributed by atoms with Crippen LogP contribution in [-0.2, 0) is 10.4 Å². The maximum Gasteiger partial charge on any atom is 0.258 e. The molecule has 0 saturated heterocycles. The van der Waals surface area contributed by atoms with Crippen LogP contribution in [0, 0.1) is 0 Å². The number of ether oxygens (including phenoxy) is 1. The van der Waals surface area contributed by atoms with E-state index in [1.54, 1.807) is 49.4 Å². The van der Waals surface area contributed by atoms with Crippen molar-refractivity contribution in [3.8, 4) is 5.75 Å². The van der Waals surface area contributed by atoms with Gasteiger partial charge in [-0.25, -0.2) is 0 Å². The van der Waals surface area contributed by atoms with Gasteiger partial charge in [0.1, 0.15) is 5.75 Å². The summed E-state index contributed by atoms with van der Waals surface area (Å²) in [6.45, 7) is 5.37. The minimum absolute atomic E-state index is 0.0198. The smallest absolute Gasteiger partial charge is 0.258 e. The molecule has 0 spiro atoms. The highest BCUT2D eigenvalue weighted by atomic mass is 32.1. The highest BCUT2D eigenvalue weighted by Gasteiger charge is 2.15. The lowest BCUT2D eigenvalue weighted by Crippen LogP contribution is -2.30. The molecule has 1 atom stereocenters. The average Bonchev–Trinajstić information content (AvgIpc) is 2.99. The predicted molar refractivity (Wildman–Crippen MR) is 88.1 cm³/mol. The minimum Gasteiger partial charge on any atom is -0.484 e. The Labute approximate surface area is 134 Å². The van der Waals surface area contributed by atoms with Gasteiger partial charge in [0.2, 0.25) is 0 Å². The van der Waals surface area contributed by atoms with Crippen LogP contribution in [0.2, 0.25) is 0 Å². The van der Waals surface area contributed by atoms with Crippen molar-refractivity contribution in [2.75, 3.05) is 6.61 Å². The fraction of sp³-hybridized carbons (Fsp3) is 0.353. The van der Waals surface area contributed by atoms with Crippen LogP contribution in [0.4, 0.5) is 0 Å². The Morgan fingerprint density at radius 2 is 2.00 bits per heavy atom. The molecule has 1 unspecified atom stereocenters. The Morgan fingerprint density at radius 1 is 1.32 bits per heavy atom. The van der Waals surface area contributed by atoms with Gasteiger partial charge in [-0.05, 0) is 49.9 Å². The Kier molecular flexibility index (Phi) is 5.21. The molecule has 0 saturated carbocycles. The molecule has 0 fully saturated rings. The molecule has 2 aromatic rings. The van der Waals surface area contributed by atoms with Crippen LogP contribution in [0.3, 0.4) is 0 Å². The quantitative estimate of drug-likeness (QED) is 0.859. The van der Waals surface area contributed by atoms with Crippen LogP contribution in [0.25, 0.3) is 0 Å². The zero-order valence-electron chi connectivity index (χ0n) is 13.0. The Balaban J connectivity index is 1.83. The summed E-state index contributed by atoms with van der Waals surface area (Å²) in [5.41, 5.74) is -0.0814. The van der Waals surface area contributed by atoms with Gasteiger partial charge in [0, 0.05) is 4.88 Å². The number of carbonyl (C=O) groups excluding carboxylic acids is 1. The van der Waals surface area contributed by atoms with E-state index in [1.165, 1.54) is 0 Å². The molecule has 22 heavy (non-hydrogen) atoms. The van der Waals surface area contributed by atoms with Crippen LogP contribution in [-0.4, -0.2) is 17.6 Å². The summed E-state index contributed by atoms with van der Waals surface area (Å²) in [7, 11) is 0. The Bertz CT molecular complexity index is 600. The fourth-order valence-corrected chi connectivity index (χ4v) is 2.73. The zero-order chi connectivity index (χ0) is 16.2. The standard InChI is InChI=1S/C17H21NO3S/c1-12(15-5-4-10-22-15)18-16(19)11-21-14-8-6-13(7-9-14)17(2,3)20/h4-10,12,20H,11H2,1-3H3,(H,18,19). The highest BCUT2D eigenvalue weighted by molar-refractivity contribution is 7.10. The second-order valence-electron chi connectivity index (χ2n) is 5.68. The van der Waals surface area contributed by atoms with Crippen molar-refractivity contribution in [2.45, 2.75) is 32.4 Å². The summed E-state index contributed by atoms with van der Waals surface area (Å²) in [6, 6.07) is 11.0. The van der Waals surface area contributed by atoms with Gasteiger partial charge in [-0.2, -0.15) is 0 Å². The van der Waals surface area contributed by atoms with Crippen LogP contribution < -0.4 is 10.1 Å². The van der Waals surface area contributed by atoms with Crippen LogP contribution in [0.1, 0.15) is 37.3 Å². The van der Waals surface area contributed by atoms with E-state index in [2.05, 4.69) is 5.32 Å². The SMILES string of the molecule is CC(NC(=O)COc1ccc(C(C)(C)O)cc1)c1cccs1. The van der Waals surface area contributed by atoms with Gasteiger partial charge in [-0.3, -0.25) is 4.79 Å². The second kappa shape index (κ2) is 6.94. The summed E-state index contributed by atoms with van der Waals surface area (Å²) < 4.78 is 5.46. The maximum atomic E-state index is 11.9. The summed E-state index contributed by atoms with van der Waals surface area (Å²) in [5, 5.41) is 14.8. The van der Waals surface area contributed by atoms with E-state index in [-0.39, 0.29) is 18.6 Å². The average molecular weight is 319 g/mol. The van der Waals surface area contributed by atoms with Crippen molar-refractivity contribution in [3.05, 3.63) is 52.2 Å². The lowest BCUT2D eigenvalue weighted by atomic mass is 9.99. The largest absolute Gasteiger partial charge is 0.484 e. The normalized spacial score (nSPS) is 12.7. The van der Waals surface area contributed by atoms with Crippen LogP contribution in [0.15, 0.2) is 41.8 Å². The van der Waals surface area contributed by atoms with E-state index < -0.39 is 5.60 Å². The molecule has 0 aliphatic carbocycles. The third kappa shape index (κ3) is 4.58. The van der Waals surface area contributed by atoms with Crippen molar-refractivity contribution in [3.63, 3.8) is 0 Å². The molecular formula is C17H21NO3S. The van der Waals surface area contributed by atoms with Gasteiger partial charge in [-0.1, -0.05) is 18.2 Å². The number of nitrogens with one attached hydrogen (secondary N) is 1. The summed E-state index contributed by atoms with van der Waals surface area (Å²) in [6.07, 6.45) is 0. The molecular weight excluding hydrogens is 298 g/mol. The molecule has 1 aromatic carbocycles. The Morgan fingerprint density at radius 3 is 2.55 bits per heavy atom. The fourth-order valence-electron chi connectivity index (χ4n) is 2.00. The number of benzene rings is 1. The molecule has 0 radical (unpaired) electrons. The molecule has 118 valence electrons. The first-order chi connectivity index (χ1) is 10.4. The summed E-state index contributed by atoms with van der Waals surface area (Å²) in [4.78, 5) is 13.0. The highest BCUT2D eigenvalue weighted by Crippen LogP contribution is 2.22. The van der Waals surface area contributed by atoms with E-state index in [9.17, 15) is 9.90 Å². The topological polar surface area (TPSA) is 58.6 Å². The van der Waals surface area contributed by atoms with Crippen molar-refractivity contribution in [1.82, 2.24) is 5.32 Å². The third-order valence-corrected chi connectivity index (χ3v) is 4.33. The summed E-state index contributed by atoms with van der Waals surface area (Å²) in [5.74, 6) is 0.444. The lowest BCUT2D eigenvalue weighted by molar-refractivity contribution is -0.123. The zero-order valence-corrected chi connectivity index (χ0v) is 13.8. The number of hydrogen-bond acceptors (Lipinski definition) is 4. The van der Waals surface area contributed by atoms with E-state index in [0.29, 0.717) is 5.75 Å². The van der Waals surface area contributed by atoms with Crippen molar-refractivity contribution >= 4 is 17.2 Å². The third-order valence-electron chi connectivity index (χ3n) is 3.28. The van der Waals surface area contributed by atoms with Gasteiger partial charge in [0.25, 0.3) is 5.91 Å². The van der Waals surface area contributed by atoms with Gasteiger partial charge < -0.3 is 15.2 Å². The van der Waals surface area contributed by atoms with Crippen LogP contribution in [0.5, 0.6) is 5.75 Å². The first-order valence-corrected chi connectivity index (χ1v) is 8.02. The van der Waals surface area contributed by atoms with E-state index >= 15 is 0 Å². The minimum atomic E-state index is -0.883. The second-order valence-corrected chi connectivity index (χ2v) is 6.66. The number of aliphatic hydroxyl groups is 1. The first-order valence-electron chi connectivity index (χ1n) is 7.15. The number of amides is 1. The molecule has 1 heterocycles. The Hall–Kier alpha value is -1.85. The van der Waals surface area contributed by atoms with E-state index in [1.807, 2.05) is 24.4 Å². The lowest BCUT2D eigenvalue weighted by Gasteiger charge is -2.18.